The molecule has 1 aromatic carbocycles. The van der Waals surface area contributed by atoms with Gasteiger partial charge in [0.1, 0.15) is 11.6 Å². The van der Waals surface area contributed by atoms with Gasteiger partial charge in [0, 0.05) is 13.0 Å². The first kappa shape index (κ1) is 15.0. The zero-order valence-corrected chi connectivity index (χ0v) is 12.7. The lowest BCUT2D eigenvalue weighted by Crippen LogP contribution is -2.57. The van der Waals surface area contributed by atoms with Gasteiger partial charge in [-0.25, -0.2) is 9.37 Å². The molecule has 1 amide bonds. The molecule has 0 radical (unpaired) electrons. The van der Waals surface area contributed by atoms with E-state index < -0.39 is 5.54 Å². The summed E-state index contributed by atoms with van der Waals surface area (Å²) in [5.74, 6) is 0.504. The van der Waals surface area contributed by atoms with Gasteiger partial charge in [0.05, 0.1) is 16.6 Å². The van der Waals surface area contributed by atoms with Gasteiger partial charge in [-0.1, -0.05) is 0 Å². The van der Waals surface area contributed by atoms with E-state index in [-0.39, 0.29) is 11.7 Å². The quantitative estimate of drug-likeness (QED) is 0.808. The van der Waals surface area contributed by atoms with Gasteiger partial charge in [0.25, 0.3) is 0 Å². The summed E-state index contributed by atoms with van der Waals surface area (Å²) in [7, 11) is 0. The van der Waals surface area contributed by atoms with Gasteiger partial charge in [0.2, 0.25) is 5.91 Å². The van der Waals surface area contributed by atoms with Crippen LogP contribution in [0.1, 0.15) is 32.0 Å². The highest BCUT2D eigenvalue weighted by atomic mass is 19.1. The van der Waals surface area contributed by atoms with Crippen molar-refractivity contribution in [3.63, 3.8) is 0 Å². The third-order valence-electron chi connectivity index (χ3n) is 4.26. The molecule has 6 heteroatoms. The Bertz CT molecular complexity index is 676. The topological polar surface area (TPSA) is 69.8 Å². The first-order valence-electron chi connectivity index (χ1n) is 7.74. The second-order valence-corrected chi connectivity index (χ2v) is 6.07. The molecule has 2 heterocycles. The Morgan fingerprint density at radius 1 is 1.45 bits per heavy atom. The fraction of sp³-hybridized carbons (Fsp3) is 0.500. The summed E-state index contributed by atoms with van der Waals surface area (Å²) in [6.07, 6.45) is 3.66. The molecule has 1 aliphatic rings. The normalized spacial score (nSPS) is 21.9. The smallest absolute Gasteiger partial charge is 0.240 e. The van der Waals surface area contributed by atoms with Crippen LogP contribution in [-0.4, -0.2) is 34.5 Å². The van der Waals surface area contributed by atoms with Crippen LogP contribution in [0.2, 0.25) is 0 Å². The van der Waals surface area contributed by atoms with Crippen molar-refractivity contribution in [2.45, 2.75) is 38.1 Å². The van der Waals surface area contributed by atoms with Crippen LogP contribution in [0.3, 0.4) is 0 Å². The lowest BCUT2D eigenvalue weighted by Gasteiger charge is -2.33. The number of nitrogens with one attached hydrogen (secondary N) is 3. The number of fused-ring (bicyclic) bond motifs is 1. The van der Waals surface area contributed by atoms with Gasteiger partial charge in [-0.05, 0) is 50.9 Å². The molecule has 1 aliphatic heterocycles. The van der Waals surface area contributed by atoms with Crippen molar-refractivity contribution in [1.29, 1.82) is 0 Å². The number of nitrogens with zero attached hydrogens (tertiary/aromatic N) is 1. The number of benzene rings is 1. The number of rotatable bonds is 4. The minimum Gasteiger partial charge on any atom is -0.354 e. The minimum atomic E-state index is -0.463. The lowest BCUT2D eigenvalue weighted by atomic mass is 9.90. The number of amides is 1. The van der Waals surface area contributed by atoms with Crippen LogP contribution in [0.5, 0.6) is 0 Å². The van der Waals surface area contributed by atoms with Crippen molar-refractivity contribution >= 4 is 16.9 Å². The molecule has 1 fully saturated rings. The summed E-state index contributed by atoms with van der Waals surface area (Å²) in [4.78, 5) is 19.7. The highest BCUT2D eigenvalue weighted by molar-refractivity contribution is 5.86. The van der Waals surface area contributed by atoms with E-state index in [2.05, 4.69) is 20.6 Å². The molecular formula is C16H21FN4O. The lowest BCUT2D eigenvalue weighted by molar-refractivity contribution is -0.127. The van der Waals surface area contributed by atoms with Crippen molar-refractivity contribution < 1.29 is 9.18 Å². The molecule has 22 heavy (non-hydrogen) atoms. The number of imidazole rings is 1. The van der Waals surface area contributed by atoms with Crippen LogP contribution >= 0.6 is 0 Å². The van der Waals surface area contributed by atoms with Gasteiger partial charge < -0.3 is 15.6 Å². The van der Waals surface area contributed by atoms with E-state index in [1.165, 1.54) is 12.1 Å². The molecule has 3 N–H and O–H groups in total. The van der Waals surface area contributed by atoms with Crippen LogP contribution in [0, 0.1) is 5.82 Å². The van der Waals surface area contributed by atoms with Crippen molar-refractivity contribution in [2.75, 3.05) is 13.1 Å². The number of piperidine rings is 1. The summed E-state index contributed by atoms with van der Waals surface area (Å²) in [6, 6.07) is 4.47. The van der Waals surface area contributed by atoms with Crippen LogP contribution in [0.15, 0.2) is 18.2 Å². The maximum Gasteiger partial charge on any atom is 0.240 e. The molecular weight excluding hydrogens is 283 g/mol. The van der Waals surface area contributed by atoms with Crippen molar-refractivity contribution in [3.05, 3.63) is 29.8 Å². The number of H-pyrrole nitrogens is 1. The first-order valence-corrected chi connectivity index (χ1v) is 7.74. The Balaban J connectivity index is 1.56. The largest absolute Gasteiger partial charge is 0.354 e. The van der Waals surface area contributed by atoms with Crippen molar-refractivity contribution in [3.8, 4) is 0 Å². The zero-order valence-electron chi connectivity index (χ0n) is 12.7. The average Bonchev–Trinajstić information content (AvgIpc) is 2.89. The standard InChI is InChI=1S/C16H21FN4O/c1-16(7-2-3-8-19-16)15(22)18-9-6-14-20-12-5-4-11(17)10-13(12)21-14/h4-5,10,19H,2-3,6-9H2,1H3,(H,18,22)(H,20,21). The van der Waals surface area contributed by atoms with Gasteiger partial charge in [-0.15, -0.1) is 0 Å². The molecule has 0 spiro atoms. The third kappa shape index (κ3) is 3.11. The number of aromatic amines is 1. The van der Waals surface area contributed by atoms with E-state index >= 15 is 0 Å². The summed E-state index contributed by atoms with van der Waals surface area (Å²) in [5.41, 5.74) is 0.959. The molecule has 0 saturated carbocycles. The second kappa shape index (κ2) is 6.04. The predicted molar refractivity (Wildman–Crippen MR) is 83.0 cm³/mol. The van der Waals surface area contributed by atoms with E-state index in [4.69, 9.17) is 0 Å². The fourth-order valence-corrected chi connectivity index (χ4v) is 2.89. The van der Waals surface area contributed by atoms with E-state index in [9.17, 15) is 9.18 Å². The zero-order chi connectivity index (χ0) is 15.6. The minimum absolute atomic E-state index is 0.0364. The van der Waals surface area contributed by atoms with Crippen LogP contribution in [0.25, 0.3) is 11.0 Å². The molecule has 1 saturated heterocycles. The summed E-state index contributed by atoms with van der Waals surface area (Å²) < 4.78 is 13.1. The summed E-state index contributed by atoms with van der Waals surface area (Å²) in [6.45, 7) is 3.35. The van der Waals surface area contributed by atoms with Gasteiger partial charge in [-0.3, -0.25) is 4.79 Å². The van der Waals surface area contributed by atoms with Gasteiger partial charge >= 0.3 is 0 Å². The molecule has 0 bridgehead atoms. The van der Waals surface area contributed by atoms with Gasteiger partial charge in [0.15, 0.2) is 0 Å². The van der Waals surface area contributed by atoms with E-state index in [0.717, 1.165) is 37.1 Å². The van der Waals surface area contributed by atoms with Gasteiger partial charge in [-0.2, -0.15) is 0 Å². The fourth-order valence-electron chi connectivity index (χ4n) is 2.89. The number of aromatic nitrogens is 2. The first-order chi connectivity index (χ1) is 10.6. The Labute approximate surface area is 128 Å². The van der Waals surface area contributed by atoms with E-state index in [1.54, 1.807) is 6.07 Å². The number of hydrogen-bond acceptors (Lipinski definition) is 3. The Hall–Kier alpha value is -1.95. The maximum absolute atomic E-state index is 13.1. The Morgan fingerprint density at radius 2 is 2.32 bits per heavy atom. The van der Waals surface area contributed by atoms with Crippen molar-refractivity contribution in [2.24, 2.45) is 0 Å². The van der Waals surface area contributed by atoms with E-state index in [1.807, 2.05) is 6.92 Å². The van der Waals surface area contributed by atoms with E-state index in [0.29, 0.717) is 18.5 Å². The summed E-state index contributed by atoms with van der Waals surface area (Å²) >= 11 is 0. The average molecular weight is 304 g/mol. The predicted octanol–water partition coefficient (Wildman–Crippen LogP) is 1.89. The molecule has 1 aromatic heterocycles. The SMILES string of the molecule is CC1(C(=O)NCCc2nc3ccc(F)cc3[nH]2)CCCCN1. The Kier molecular flexibility index (Phi) is 4.11. The van der Waals surface area contributed by atoms with Crippen LogP contribution < -0.4 is 10.6 Å². The molecule has 118 valence electrons. The number of hydrogen-bond donors (Lipinski definition) is 3. The van der Waals surface area contributed by atoms with Crippen molar-refractivity contribution in [1.82, 2.24) is 20.6 Å². The molecule has 3 rings (SSSR count). The molecule has 1 unspecified atom stereocenters. The molecule has 5 nitrogen and oxygen atoms in total. The monoisotopic (exact) mass is 304 g/mol. The number of carbonyl (C=O) groups excluding carboxylic acids is 1. The molecule has 1 atom stereocenters. The highest BCUT2D eigenvalue weighted by Crippen LogP contribution is 2.18. The number of halogens is 1. The Morgan fingerprint density at radius 3 is 3.09 bits per heavy atom. The molecule has 2 aromatic rings. The maximum atomic E-state index is 13.1. The summed E-state index contributed by atoms with van der Waals surface area (Å²) in [5, 5.41) is 6.26. The van der Waals surface area contributed by atoms with Crippen LogP contribution in [-0.2, 0) is 11.2 Å². The number of carbonyl (C=O) groups is 1. The van der Waals surface area contributed by atoms with Crippen LogP contribution in [0.4, 0.5) is 4.39 Å². The third-order valence-corrected chi connectivity index (χ3v) is 4.26. The highest BCUT2D eigenvalue weighted by Gasteiger charge is 2.33. The molecule has 0 aliphatic carbocycles. The second-order valence-electron chi connectivity index (χ2n) is 6.07.